The van der Waals surface area contributed by atoms with Gasteiger partial charge in [0, 0.05) is 0 Å². The van der Waals surface area contributed by atoms with Gasteiger partial charge < -0.3 is 9.47 Å². The Labute approximate surface area is 109 Å². The zero-order chi connectivity index (χ0) is 14.3. The van der Waals surface area contributed by atoms with Crippen LogP contribution in [-0.2, 0) is 0 Å². The molecule has 0 atom stereocenters. The summed E-state index contributed by atoms with van der Waals surface area (Å²) in [6.07, 6.45) is 2.11. The number of hydrogen-bond acceptors (Lipinski definition) is 2. The third-order valence-electron chi connectivity index (χ3n) is 1.91. The van der Waals surface area contributed by atoms with Gasteiger partial charge in [-0.05, 0) is 37.3 Å². The van der Waals surface area contributed by atoms with Crippen LogP contribution in [0.5, 0.6) is 11.5 Å². The number of ether oxygens (including phenoxy) is 2. The maximum Gasteiger partial charge on any atom is 0.573 e. The first kappa shape index (κ1) is 14.9. The first-order chi connectivity index (χ1) is 8.90. The van der Waals surface area contributed by atoms with Gasteiger partial charge in [0.2, 0.25) is 0 Å². The first-order valence-electron chi connectivity index (χ1n) is 5.40. The highest BCUT2D eigenvalue weighted by Crippen LogP contribution is 2.25. The Bertz CT molecular complexity index is 470. The molecule has 0 unspecified atom stereocenters. The van der Waals surface area contributed by atoms with Crippen molar-refractivity contribution in [1.29, 1.82) is 0 Å². The van der Waals surface area contributed by atoms with E-state index in [1.807, 2.05) is 0 Å². The average molecular weight is 270 g/mol. The van der Waals surface area contributed by atoms with E-state index in [-0.39, 0.29) is 5.75 Å². The van der Waals surface area contributed by atoms with Crippen LogP contribution in [0.4, 0.5) is 13.2 Å². The summed E-state index contributed by atoms with van der Waals surface area (Å²) in [4.78, 5) is 0. The van der Waals surface area contributed by atoms with Crippen molar-refractivity contribution < 1.29 is 22.6 Å². The molecule has 0 fully saturated rings. The lowest BCUT2D eigenvalue weighted by molar-refractivity contribution is -0.274. The predicted molar refractivity (Wildman–Crippen MR) is 66.8 cm³/mol. The molecule has 0 bridgehead atoms. The maximum absolute atomic E-state index is 11.9. The van der Waals surface area contributed by atoms with Crippen molar-refractivity contribution in [2.45, 2.75) is 13.3 Å². The number of hydrogen-bond donors (Lipinski definition) is 0. The van der Waals surface area contributed by atoms with Gasteiger partial charge in [0.15, 0.2) is 0 Å². The van der Waals surface area contributed by atoms with Crippen molar-refractivity contribution in [3.05, 3.63) is 60.9 Å². The molecule has 0 radical (unpaired) electrons. The summed E-state index contributed by atoms with van der Waals surface area (Å²) in [5.41, 5.74) is 0. The van der Waals surface area contributed by atoms with Crippen LogP contribution >= 0.6 is 0 Å². The van der Waals surface area contributed by atoms with E-state index in [0.717, 1.165) is 0 Å². The SMILES string of the molecule is C=C/C=C\C=C(/C)Oc1ccc(OC(F)(F)F)cc1. The lowest BCUT2D eigenvalue weighted by Crippen LogP contribution is -2.16. The Morgan fingerprint density at radius 3 is 2.21 bits per heavy atom. The molecule has 0 spiro atoms. The molecule has 0 N–H and O–H groups in total. The molecule has 102 valence electrons. The number of allylic oxidation sites excluding steroid dienone is 5. The fourth-order valence-electron chi connectivity index (χ4n) is 1.20. The molecule has 19 heavy (non-hydrogen) atoms. The summed E-state index contributed by atoms with van der Waals surface area (Å²) in [6, 6.07) is 5.18. The van der Waals surface area contributed by atoms with E-state index < -0.39 is 6.36 Å². The van der Waals surface area contributed by atoms with Crippen LogP contribution in [0.25, 0.3) is 0 Å². The zero-order valence-electron chi connectivity index (χ0n) is 10.3. The minimum absolute atomic E-state index is 0.284. The van der Waals surface area contributed by atoms with E-state index in [0.29, 0.717) is 11.5 Å². The summed E-state index contributed by atoms with van der Waals surface area (Å²) in [5, 5.41) is 0. The highest BCUT2D eigenvalue weighted by Gasteiger charge is 2.30. The smallest absolute Gasteiger partial charge is 0.462 e. The second kappa shape index (κ2) is 6.68. The van der Waals surface area contributed by atoms with E-state index in [4.69, 9.17) is 4.74 Å². The highest BCUT2D eigenvalue weighted by atomic mass is 19.4. The van der Waals surface area contributed by atoms with E-state index >= 15 is 0 Å². The minimum atomic E-state index is -4.69. The monoisotopic (exact) mass is 270 g/mol. The molecule has 0 saturated heterocycles. The van der Waals surface area contributed by atoms with E-state index in [1.165, 1.54) is 24.3 Å². The fourth-order valence-corrected chi connectivity index (χ4v) is 1.20. The molecular formula is C14H13F3O2. The van der Waals surface area contributed by atoms with Crippen LogP contribution in [0.15, 0.2) is 60.9 Å². The van der Waals surface area contributed by atoms with Gasteiger partial charge in [0.25, 0.3) is 0 Å². The second-order valence-electron chi connectivity index (χ2n) is 3.52. The Balaban J connectivity index is 2.64. The molecule has 0 amide bonds. The molecule has 1 rings (SSSR count). The van der Waals surface area contributed by atoms with Crippen molar-refractivity contribution in [1.82, 2.24) is 0 Å². The van der Waals surface area contributed by atoms with Gasteiger partial charge in [0.05, 0.1) is 0 Å². The molecule has 1 aromatic rings. The predicted octanol–water partition coefficient (Wildman–Crippen LogP) is 4.61. The molecule has 5 heteroatoms. The van der Waals surface area contributed by atoms with Gasteiger partial charge in [0.1, 0.15) is 17.3 Å². The molecule has 0 aliphatic carbocycles. The molecule has 2 nitrogen and oxygen atoms in total. The second-order valence-corrected chi connectivity index (χ2v) is 3.52. The highest BCUT2D eigenvalue weighted by molar-refractivity contribution is 5.32. The summed E-state index contributed by atoms with van der Waals surface area (Å²) in [7, 11) is 0. The van der Waals surface area contributed by atoms with Crippen molar-refractivity contribution in [2.24, 2.45) is 0 Å². The summed E-state index contributed by atoms with van der Waals surface area (Å²) in [5.74, 6) is 0.742. The van der Waals surface area contributed by atoms with Crippen molar-refractivity contribution in [2.75, 3.05) is 0 Å². The molecule has 0 saturated carbocycles. The lowest BCUT2D eigenvalue weighted by Gasteiger charge is -2.10. The largest absolute Gasteiger partial charge is 0.573 e. The topological polar surface area (TPSA) is 18.5 Å². The van der Waals surface area contributed by atoms with Gasteiger partial charge in [-0.1, -0.05) is 24.8 Å². The zero-order valence-corrected chi connectivity index (χ0v) is 10.3. The van der Waals surface area contributed by atoms with Crippen LogP contribution in [0.1, 0.15) is 6.92 Å². The number of benzene rings is 1. The Morgan fingerprint density at radius 1 is 1.11 bits per heavy atom. The normalized spacial score (nSPS) is 12.5. The quantitative estimate of drug-likeness (QED) is 0.574. The third kappa shape index (κ3) is 6.35. The van der Waals surface area contributed by atoms with Crippen LogP contribution in [0.3, 0.4) is 0 Å². The lowest BCUT2D eigenvalue weighted by atomic mass is 10.3. The summed E-state index contributed by atoms with van der Waals surface area (Å²) in [6.45, 7) is 5.25. The number of alkyl halides is 3. The van der Waals surface area contributed by atoms with E-state index in [9.17, 15) is 13.2 Å². The first-order valence-corrected chi connectivity index (χ1v) is 5.40. The van der Waals surface area contributed by atoms with Crippen molar-refractivity contribution in [3.63, 3.8) is 0 Å². The Kier molecular flexibility index (Phi) is 5.23. The van der Waals surface area contributed by atoms with Crippen LogP contribution < -0.4 is 9.47 Å². The Morgan fingerprint density at radius 2 is 1.68 bits per heavy atom. The van der Waals surface area contributed by atoms with Crippen molar-refractivity contribution in [3.8, 4) is 11.5 Å². The molecule has 0 aliphatic rings. The van der Waals surface area contributed by atoms with Crippen LogP contribution in [-0.4, -0.2) is 6.36 Å². The minimum Gasteiger partial charge on any atom is -0.462 e. The Hall–Kier alpha value is -2.17. The summed E-state index contributed by atoms with van der Waals surface area (Å²) < 4.78 is 45.0. The standard InChI is InChI=1S/C14H13F3O2/c1-3-4-5-6-11(2)18-12-7-9-13(10-8-12)19-14(15,16)17/h3-10H,1H2,2H3/b5-4-,11-6+. The summed E-state index contributed by atoms with van der Waals surface area (Å²) >= 11 is 0. The van der Waals surface area contributed by atoms with Gasteiger partial charge in [-0.3, -0.25) is 0 Å². The fraction of sp³-hybridized carbons (Fsp3) is 0.143. The van der Waals surface area contributed by atoms with Crippen LogP contribution in [0, 0.1) is 0 Å². The molecular weight excluding hydrogens is 257 g/mol. The average Bonchev–Trinajstić information content (AvgIpc) is 2.30. The van der Waals surface area contributed by atoms with Gasteiger partial charge in [-0.25, -0.2) is 0 Å². The van der Waals surface area contributed by atoms with E-state index in [2.05, 4.69) is 11.3 Å². The van der Waals surface area contributed by atoms with Gasteiger partial charge in [-0.2, -0.15) is 0 Å². The molecule has 1 aromatic carbocycles. The van der Waals surface area contributed by atoms with Crippen molar-refractivity contribution >= 4 is 0 Å². The van der Waals surface area contributed by atoms with E-state index in [1.54, 1.807) is 31.2 Å². The molecule has 0 heterocycles. The van der Waals surface area contributed by atoms with Crippen LogP contribution in [0.2, 0.25) is 0 Å². The third-order valence-corrected chi connectivity index (χ3v) is 1.91. The number of halogens is 3. The number of rotatable bonds is 5. The molecule has 0 aromatic heterocycles. The van der Waals surface area contributed by atoms with Gasteiger partial charge >= 0.3 is 6.36 Å². The molecule has 0 aliphatic heterocycles. The maximum atomic E-state index is 11.9. The van der Waals surface area contributed by atoms with Gasteiger partial charge in [-0.15, -0.1) is 13.2 Å².